The van der Waals surface area contributed by atoms with Crippen LogP contribution >= 0.6 is 0 Å². The van der Waals surface area contributed by atoms with Crippen LogP contribution in [0.1, 0.15) is 21.7 Å². The smallest absolute Gasteiger partial charge is 0.356 e. The second-order valence-corrected chi connectivity index (χ2v) is 3.38. The summed E-state index contributed by atoms with van der Waals surface area (Å²) in [5, 5.41) is 8.66. The van der Waals surface area contributed by atoms with Crippen molar-refractivity contribution < 1.29 is 9.90 Å². The molecule has 0 radical (unpaired) electrons. The molecule has 0 aliphatic heterocycles. The van der Waals surface area contributed by atoms with Crippen molar-refractivity contribution in [2.24, 2.45) is 0 Å². The van der Waals surface area contributed by atoms with Crippen LogP contribution in [0.5, 0.6) is 0 Å². The third kappa shape index (κ3) is 2.98. The summed E-state index contributed by atoms with van der Waals surface area (Å²) in [7, 11) is 0. The SMILES string of the molecule is O=C(O)c1cnc(/C=C/c2ccccc2)cn1. The molecule has 4 nitrogen and oxygen atoms in total. The van der Waals surface area contributed by atoms with E-state index in [2.05, 4.69) is 9.97 Å². The van der Waals surface area contributed by atoms with E-state index >= 15 is 0 Å². The van der Waals surface area contributed by atoms with Crippen LogP contribution in [0.15, 0.2) is 42.7 Å². The number of aromatic nitrogens is 2. The highest BCUT2D eigenvalue weighted by Crippen LogP contribution is 2.05. The number of benzene rings is 1. The highest BCUT2D eigenvalue weighted by Gasteiger charge is 2.02. The molecule has 0 unspecified atom stereocenters. The fourth-order valence-corrected chi connectivity index (χ4v) is 1.28. The second-order valence-electron chi connectivity index (χ2n) is 3.38. The third-order valence-corrected chi connectivity index (χ3v) is 2.14. The molecule has 1 heterocycles. The molecule has 0 aliphatic rings. The van der Waals surface area contributed by atoms with E-state index in [0.717, 1.165) is 5.56 Å². The topological polar surface area (TPSA) is 63.1 Å². The fourth-order valence-electron chi connectivity index (χ4n) is 1.28. The van der Waals surface area contributed by atoms with Crippen molar-refractivity contribution >= 4 is 18.1 Å². The maximum Gasteiger partial charge on any atom is 0.356 e. The zero-order valence-electron chi connectivity index (χ0n) is 8.95. The van der Waals surface area contributed by atoms with Gasteiger partial charge in [-0.25, -0.2) is 9.78 Å². The zero-order chi connectivity index (χ0) is 12.1. The Kier molecular flexibility index (Phi) is 3.25. The maximum atomic E-state index is 10.6. The highest BCUT2D eigenvalue weighted by molar-refractivity contribution is 5.84. The van der Waals surface area contributed by atoms with Gasteiger partial charge in [-0.3, -0.25) is 4.98 Å². The minimum atomic E-state index is -1.07. The predicted octanol–water partition coefficient (Wildman–Crippen LogP) is 2.35. The molecule has 0 saturated heterocycles. The summed E-state index contributed by atoms with van der Waals surface area (Å²) in [5.74, 6) is -1.07. The molecule has 2 rings (SSSR count). The van der Waals surface area contributed by atoms with Crippen LogP contribution < -0.4 is 0 Å². The maximum absolute atomic E-state index is 10.6. The van der Waals surface area contributed by atoms with Gasteiger partial charge in [0.2, 0.25) is 0 Å². The molecule has 1 N–H and O–H groups in total. The Morgan fingerprint density at radius 3 is 2.41 bits per heavy atom. The molecular weight excluding hydrogens is 216 g/mol. The largest absolute Gasteiger partial charge is 0.476 e. The molecule has 0 aliphatic carbocycles. The van der Waals surface area contributed by atoms with Gasteiger partial charge in [-0.05, 0) is 11.6 Å². The van der Waals surface area contributed by atoms with Gasteiger partial charge in [0.15, 0.2) is 5.69 Å². The van der Waals surface area contributed by atoms with Gasteiger partial charge in [0.1, 0.15) is 0 Å². The molecule has 84 valence electrons. The van der Waals surface area contributed by atoms with E-state index < -0.39 is 5.97 Å². The first kappa shape index (κ1) is 11.0. The van der Waals surface area contributed by atoms with E-state index in [9.17, 15) is 4.79 Å². The van der Waals surface area contributed by atoms with Crippen LogP contribution in [0.4, 0.5) is 0 Å². The van der Waals surface area contributed by atoms with Crippen LogP contribution in [0.2, 0.25) is 0 Å². The lowest BCUT2D eigenvalue weighted by Crippen LogP contribution is -2.00. The molecule has 0 fully saturated rings. The first-order valence-electron chi connectivity index (χ1n) is 5.04. The summed E-state index contributed by atoms with van der Waals surface area (Å²) in [4.78, 5) is 18.3. The summed E-state index contributed by atoms with van der Waals surface area (Å²) in [6.07, 6.45) is 6.36. The second kappa shape index (κ2) is 5.03. The van der Waals surface area contributed by atoms with Crippen molar-refractivity contribution in [2.45, 2.75) is 0 Å². The first-order chi connectivity index (χ1) is 8.25. The number of aromatic carboxylic acids is 1. The molecule has 4 heteroatoms. The standard InChI is InChI=1S/C13H10N2O2/c16-13(17)12-9-14-11(8-15-12)7-6-10-4-2-1-3-5-10/h1-9H,(H,16,17)/b7-6+. The van der Waals surface area contributed by atoms with Crippen molar-refractivity contribution in [2.75, 3.05) is 0 Å². The van der Waals surface area contributed by atoms with Gasteiger partial charge in [-0.15, -0.1) is 0 Å². The van der Waals surface area contributed by atoms with E-state index in [4.69, 9.17) is 5.11 Å². The summed E-state index contributed by atoms with van der Waals surface area (Å²) < 4.78 is 0. The Hall–Kier alpha value is -2.49. The molecule has 1 aromatic heterocycles. The van der Waals surface area contributed by atoms with E-state index in [1.54, 1.807) is 6.08 Å². The lowest BCUT2D eigenvalue weighted by molar-refractivity contribution is 0.0690. The number of hydrogen-bond donors (Lipinski definition) is 1. The van der Waals surface area contributed by atoms with Gasteiger partial charge in [-0.2, -0.15) is 0 Å². The highest BCUT2D eigenvalue weighted by atomic mass is 16.4. The van der Waals surface area contributed by atoms with Crippen LogP contribution in [0.25, 0.3) is 12.2 Å². The van der Waals surface area contributed by atoms with Gasteiger partial charge >= 0.3 is 5.97 Å². The summed E-state index contributed by atoms with van der Waals surface area (Å²) in [5.41, 5.74) is 1.62. The first-order valence-corrected chi connectivity index (χ1v) is 5.04. The zero-order valence-corrected chi connectivity index (χ0v) is 8.95. The van der Waals surface area contributed by atoms with E-state index in [1.165, 1.54) is 12.4 Å². The molecule has 0 amide bonds. The Morgan fingerprint density at radius 2 is 1.82 bits per heavy atom. The van der Waals surface area contributed by atoms with Crippen molar-refractivity contribution in [3.05, 3.63) is 59.7 Å². The number of carbonyl (C=O) groups is 1. The fraction of sp³-hybridized carbons (Fsp3) is 0. The molecule has 0 atom stereocenters. The Morgan fingerprint density at radius 1 is 1.06 bits per heavy atom. The monoisotopic (exact) mass is 226 g/mol. The molecule has 0 bridgehead atoms. The van der Waals surface area contributed by atoms with Gasteiger partial charge < -0.3 is 5.11 Å². The summed E-state index contributed by atoms with van der Waals surface area (Å²) in [6.45, 7) is 0. The molecule has 0 spiro atoms. The lowest BCUT2D eigenvalue weighted by Gasteiger charge is -1.94. The van der Waals surface area contributed by atoms with E-state index in [-0.39, 0.29) is 5.69 Å². The van der Waals surface area contributed by atoms with Crippen LogP contribution in [0.3, 0.4) is 0 Å². The number of nitrogens with zero attached hydrogens (tertiary/aromatic N) is 2. The Balaban J connectivity index is 2.14. The molecule has 0 saturated carbocycles. The quantitative estimate of drug-likeness (QED) is 0.872. The number of carboxylic acid groups (broad SMARTS) is 1. The minimum absolute atomic E-state index is 0.0538. The summed E-state index contributed by atoms with van der Waals surface area (Å²) in [6, 6.07) is 9.77. The molecular formula is C13H10N2O2. The molecule has 17 heavy (non-hydrogen) atoms. The van der Waals surface area contributed by atoms with Crippen LogP contribution in [-0.4, -0.2) is 21.0 Å². The van der Waals surface area contributed by atoms with Gasteiger partial charge in [0, 0.05) is 0 Å². The average Bonchev–Trinajstić information content (AvgIpc) is 2.38. The van der Waals surface area contributed by atoms with Crippen LogP contribution in [-0.2, 0) is 0 Å². The van der Waals surface area contributed by atoms with Crippen molar-refractivity contribution in [1.82, 2.24) is 9.97 Å². The van der Waals surface area contributed by atoms with Crippen molar-refractivity contribution in [3.63, 3.8) is 0 Å². The summed E-state index contributed by atoms with van der Waals surface area (Å²) >= 11 is 0. The normalized spacial score (nSPS) is 10.6. The van der Waals surface area contributed by atoms with E-state index in [1.807, 2.05) is 36.4 Å². The number of rotatable bonds is 3. The number of carboxylic acids is 1. The minimum Gasteiger partial charge on any atom is -0.476 e. The number of hydrogen-bond acceptors (Lipinski definition) is 3. The van der Waals surface area contributed by atoms with E-state index in [0.29, 0.717) is 5.69 Å². The molecule has 2 aromatic rings. The Bertz CT molecular complexity index is 533. The van der Waals surface area contributed by atoms with Crippen LogP contribution in [0, 0.1) is 0 Å². The van der Waals surface area contributed by atoms with Crippen molar-refractivity contribution in [1.29, 1.82) is 0 Å². The lowest BCUT2D eigenvalue weighted by atomic mass is 10.2. The Labute approximate surface area is 98.3 Å². The van der Waals surface area contributed by atoms with Gasteiger partial charge in [0.25, 0.3) is 0 Å². The predicted molar refractivity (Wildman–Crippen MR) is 64.4 cm³/mol. The van der Waals surface area contributed by atoms with Gasteiger partial charge in [0.05, 0.1) is 18.1 Å². The molecule has 1 aromatic carbocycles. The average molecular weight is 226 g/mol. The van der Waals surface area contributed by atoms with Gasteiger partial charge in [-0.1, -0.05) is 36.4 Å². The third-order valence-electron chi connectivity index (χ3n) is 2.14. The van der Waals surface area contributed by atoms with Crippen molar-refractivity contribution in [3.8, 4) is 0 Å².